The van der Waals surface area contributed by atoms with E-state index >= 15 is 0 Å². The van der Waals surface area contributed by atoms with Gasteiger partial charge in [-0.15, -0.1) is 0 Å². The van der Waals surface area contributed by atoms with Crippen molar-refractivity contribution in [2.75, 3.05) is 129 Å². The Labute approximate surface area is 339 Å². The second-order valence-electron chi connectivity index (χ2n) is 12.6. The van der Waals surface area contributed by atoms with Crippen LogP contribution in [0.3, 0.4) is 0 Å². The van der Waals surface area contributed by atoms with Gasteiger partial charge in [0.15, 0.2) is 0 Å². The molecule has 1 saturated heterocycles. The molecule has 22 nitrogen and oxygen atoms in total. The van der Waals surface area contributed by atoms with E-state index in [1.165, 1.54) is 18.2 Å². The predicted molar refractivity (Wildman–Crippen MR) is 206 cm³/mol. The minimum absolute atomic E-state index is 0.0536. The summed E-state index contributed by atoms with van der Waals surface area (Å²) in [4.78, 5) is 71.5. The molecule has 324 valence electrons. The van der Waals surface area contributed by atoms with Crippen LogP contribution in [0.25, 0.3) is 0 Å². The van der Waals surface area contributed by atoms with Gasteiger partial charge >= 0.3 is 0 Å². The van der Waals surface area contributed by atoms with Crippen LogP contribution >= 0.6 is 0 Å². The molecule has 2 aromatic rings. The molecule has 3 N–H and O–H groups in total. The Hall–Kier alpha value is -5.20. The van der Waals surface area contributed by atoms with E-state index in [-0.39, 0.29) is 54.2 Å². The summed E-state index contributed by atoms with van der Waals surface area (Å²) in [6.07, 6.45) is 0.144. The van der Waals surface area contributed by atoms with Crippen molar-refractivity contribution in [3.8, 4) is 0 Å². The van der Waals surface area contributed by atoms with Gasteiger partial charge < -0.3 is 48.5 Å². The molecule has 2 aliphatic heterocycles. The minimum atomic E-state index is -1.02. The van der Waals surface area contributed by atoms with Gasteiger partial charge in [0.05, 0.1) is 133 Å². The maximum atomic E-state index is 13.2. The molecule has 0 spiro atoms. The third-order valence-corrected chi connectivity index (χ3v) is 8.58. The van der Waals surface area contributed by atoms with Crippen LogP contribution in [0.1, 0.15) is 33.6 Å². The smallest absolute Gasteiger partial charge is 0.299 e. The molecular formula is C37H50N6O16. The summed E-state index contributed by atoms with van der Waals surface area (Å²) < 4.78 is 43.8. The number of fused-ring (bicyclic) bond motifs is 1. The summed E-state index contributed by atoms with van der Waals surface area (Å²) in [6.45, 7) is 6.61. The number of nitro benzene ring substituents is 2. The number of rotatable bonds is 32. The maximum absolute atomic E-state index is 13.2. The first-order valence-electron chi connectivity index (χ1n) is 19.1. The van der Waals surface area contributed by atoms with Crippen molar-refractivity contribution in [3.05, 3.63) is 67.8 Å². The summed E-state index contributed by atoms with van der Waals surface area (Å²) >= 11 is 0. The number of nitro groups is 2. The Bertz CT molecular complexity index is 1710. The van der Waals surface area contributed by atoms with Gasteiger partial charge in [-0.3, -0.25) is 49.6 Å². The number of nitrogens with one attached hydrogen (secondary N) is 3. The van der Waals surface area contributed by atoms with Gasteiger partial charge in [-0.05, 0) is 24.6 Å². The molecule has 4 rings (SSSR count). The highest BCUT2D eigenvalue weighted by atomic mass is 16.6. The van der Waals surface area contributed by atoms with Crippen LogP contribution < -0.4 is 16.0 Å². The number of carbonyl (C=O) groups excluding carboxylic acids is 4. The SMILES string of the molecule is O=C1CCC(N2C(=O)c3cccc(NCCOCCOCCOCCOCCOCCOCCOCCOCCNc4ccc([N+](=O)[O-])cc4[N+](=O)[O-])c3C2=O)C(=O)N1. The first kappa shape index (κ1) is 46.5. The van der Waals surface area contributed by atoms with E-state index in [1.54, 1.807) is 12.1 Å². The highest BCUT2D eigenvalue weighted by Crippen LogP contribution is 2.32. The lowest BCUT2D eigenvalue weighted by Crippen LogP contribution is -2.54. The molecule has 0 aromatic heterocycles. The molecule has 2 heterocycles. The quantitative estimate of drug-likeness (QED) is 0.0408. The zero-order valence-electron chi connectivity index (χ0n) is 32.6. The van der Waals surface area contributed by atoms with Crippen LogP contribution in [0.15, 0.2) is 36.4 Å². The average molecular weight is 835 g/mol. The van der Waals surface area contributed by atoms with Gasteiger partial charge in [0, 0.05) is 31.3 Å². The first-order chi connectivity index (χ1) is 28.7. The summed E-state index contributed by atoms with van der Waals surface area (Å²) in [5, 5.41) is 30.1. The van der Waals surface area contributed by atoms with Gasteiger partial charge in [0.2, 0.25) is 11.8 Å². The predicted octanol–water partition coefficient (Wildman–Crippen LogP) is 1.56. The van der Waals surface area contributed by atoms with Gasteiger partial charge in [-0.1, -0.05) is 6.07 Å². The molecule has 2 aromatic carbocycles. The second kappa shape index (κ2) is 26.0. The first-order valence-corrected chi connectivity index (χ1v) is 19.1. The molecule has 22 heteroatoms. The maximum Gasteiger partial charge on any atom is 0.299 e. The van der Waals surface area contributed by atoms with Gasteiger partial charge in [0.25, 0.3) is 23.2 Å². The molecule has 0 bridgehead atoms. The Morgan fingerprint density at radius 1 is 0.610 bits per heavy atom. The average Bonchev–Trinajstić information content (AvgIpc) is 3.47. The summed E-state index contributed by atoms with van der Waals surface area (Å²) in [6, 6.07) is 7.25. The van der Waals surface area contributed by atoms with E-state index in [2.05, 4.69) is 16.0 Å². The fourth-order valence-electron chi connectivity index (χ4n) is 5.75. The summed E-state index contributed by atoms with van der Waals surface area (Å²) in [5.74, 6) is -2.22. The van der Waals surface area contributed by atoms with Crippen molar-refractivity contribution in [2.45, 2.75) is 18.9 Å². The lowest BCUT2D eigenvalue weighted by molar-refractivity contribution is -0.393. The van der Waals surface area contributed by atoms with Crippen molar-refractivity contribution < 1.29 is 66.9 Å². The fraction of sp³-hybridized carbons (Fsp3) is 0.568. The third-order valence-electron chi connectivity index (χ3n) is 8.58. The number of anilines is 2. The molecule has 4 amide bonds. The number of non-ortho nitro benzene ring substituents is 1. The number of ether oxygens (including phenoxy) is 8. The standard InChI is InChI=1S/C37H50N6O16/c44-33-7-6-31(35(45)40-33)41-36(46)28-2-1-3-30(34(28)37(41)47)39-9-11-53-13-15-55-17-19-57-21-23-59-25-24-58-22-20-56-18-16-54-14-12-52-10-8-38-29-5-4-27(42(48)49)26-32(29)43(50)51/h1-5,26,31,38-39H,6-25H2,(H,40,44,45). The number of imide groups is 2. The molecule has 0 radical (unpaired) electrons. The molecule has 1 fully saturated rings. The van der Waals surface area contributed by atoms with Gasteiger partial charge in [0.1, 0.15) is 11.7 Å². The molecule has 2 aliphatic rings. The number of nitrogens with zero attached hydrogens (tertiary/aromatic N) is 3. The molecule has 59 heavy (non-hydrogen) atoms. The van der Waals surface area contributed by atoms with E-state index in [1.807, 2.05) is 0 Å². The molecular weight excluding hydrogens is 784 g/mol. The lowest BCUT2D eigenvalue weighted by atomic mass is 10.0. The third kappa shape index (κ3) is 15.5. The monoisotopic (exact) mass is 834 g/mol. The van der Waals surface area contributed by atoms with Crippen LogP contribution in [0.2, 0.25) is 0 Å². The van der Waals surface area contributed by atoms with Crippen LogP contribution in [-0.4, -0.2) is 163 Å². The molecule has 1 atom stereocenters. The molecule has 0 aliphatic carbocycles. The van der Waals surface area contributed by atoms with Crippen molar-refractivity contribution >= 4 is 46.4 Å². The Morgan fingerprint density at radius 3 is 1.54 bits per heavy atom. The number of carbonyl (C=O) groups is 4. The van der Waals surface area contributed by atoms with Gasteiger partial charge in [-0.25, -0.2) is 0 Å². The Morgan fingerprint density at radius 2 is 1.08 bits per heavy atom. The van der Waals surface area contributed by atoms with Crippen molar-refractivity contribution in [3.63, 3.8) is 0 Å². The normalized spacial score (nSPS) is 15.1. The zero-order chi connectivity index (χ0) is 42.2. The Kier molecular flexibility index (Phi) is 20.5. The minimum Gasteiger partial charge on any atom is -0.382 e. The largest absolute Gasteiger partial charge is 0.382 e. The van der Waals surface area contributed by atoms with Crippen LogP contribution in [0, 0.1) is 20.2 Å². The number of piperidine rings is 1. The van der Waals surface area contributed by atoms with Crippen LogP contribution in [-0.2, 0) is 47.5 Å². The topological polar surface area (TPSA) is 268 Å². The molecule has 1 unspecified atom stereocenters. The van der Waals surface area contributed by atoms with E-state index in [9.17, 15) is 39.4 Å². The summed E-state index contributed by atoms with van der Waals surface area (Å²) in [7, 11) is 0. The highest BCUT2D eigenvalue weighted by molar-refractivity contribution is 6.25. The molecule has 0 saturated carbocycles. The van der Waals surface area contributed by atoms with E-state index in [4.69, 9.17) is 37.9 Å². The van der Waals surface area contributed by atoms with Crippen LogP contribution in [0.5, 0.6) is 0 Å². The van der Waals surface area contributed by atoms with Gasteiger partial charge in [-0.2, -0.15) is 0 Å². The summed E-state index contributed by atoms with van der Waals surface area (Å²) in [5.41, 5.74) is 0.296. The number of hydrogen-bond donors (Lipinski definition) is 3. The van der Waals surface area contributed by atoms with Crippen molar-refractivity contribution in [2.24, 2.45) is 0 Å². The fourth-order valence-corrected chi connectivity index (χ4v) is 5.75. The highest BCUT2D eigenvalue weighted by Gasteiger charge is 2.45. The van der Waals surface area contributed by atoms with Crippen molar-refractivity contribution in [1.82, 2.24) is 10.2 Å². The zero-order valence-corrected chi connectivity index (χ0v) is 32.6. The van der Waals surface area contributed by atoms with E-state index in [0.717, 1.165) is 11.0 Å². The van der Waals surface area contributed by atoms with Crippen LogP contribution in [0.4, 0.5) is 22.7 Å². The number of amides is 4. The second-order valence-corrected chi connectivity index (χ2v) is 12.6. The lowest BCUT2D eigenvalue weighted by Gasteiger charge is -2.27. The Balaban J connectivity index is 0.862. The number of benzene rings is 2. The van der Waals surface area contributed by atoms with Crippen molar-refractivity contribution in [1.29, 1.82) is 0 Å². The van der Waals surface area contributed by atoms with E-state index < -0.39 is 39.5 Å². The van der Waals surface area contributed by atoms with E-state index in [0.29, 0.717) is 111 Å². The number of hydrogen-bond acceptors (Lipinski definition) is 18.